The quantitative estimate of drug-likeness (QED) is 0.841. The molecule has 2 aromatic rings. The summed E-state index contributed by atoms with van der Waals surface area (Å²) in [6.07, 6.45) is 0. The summed E-state index contributed by atoms with van der Waals surface area (Å²) in [5, 5.41) is 0. The SMILES string of the molecule is O=C(COc1cccc(F)c1)N1CCN(C(=O)c2ccccc2F)CC1. The van der Waals surface area contributed by atoms with Crippen LogP contribution in [-0.4, -0.2) is 54.4 Å². The third-order valence-corrected chi connectivity index (χ3v) is 4.18. The lowest BCUT2D eigenvalue weighted by Gasteiger charge is -2.34. The van der Waals surface area contributed by atoms with Gasteiger partial charge in [0.15, 0.2) is 6.61 Å². The molecule has 3 rings (SSSR count). The molecule has 0 unspecified atom stereocenters. The molecule has 1 aliphatic heterocycles. The smallest absolute Gasteiger partial charge is 0.260 e. The molecule has 0 N–H and O–H groups in total. The van der Waals surface area contributed by atoms with Gasteiger partial charge in [-0.25, -0.2) is 8.78 Å². The van der Waals surface area contributed by atoms with Crippen molar-refractivity contribution in [1.29, 1.82) is 0 Å². The molecule has 0 bridgehead atoms. The highest BCUT2D eigenvalue weighted by molar-refractivity contribution is 5.94. The zero-order valence-corrected chi connectivity index (χ0v) is 14.0. The molecule has 0 atom stereocenters. The van der Waals surface area contributed by atoms with Gasteiger partial charge in [-0.3, -0.25) is 9.59 Å². The number of halogens is 2. The van der Waals surface area contributed by atoms with Crippen LogP contribution in [0.3, 0.4) is 0 Å². The van der Waals surface area contributed by atoms with E-state index in [-0.39, 0.29) is 29.7 Å². The van der Waals surface area contributed by atoms with Gasteiger partial charge in [-0.1, -0.05) is 18.2 Å². The van der Waals surface area contributed by atoms with Crippen LogP contribution in [-0.2, 0) is 4.79 Å². The molecular weight excluding hydrogens is 342 g/mol. The molecule has 26 heavy (non-hydrogen) atoms. The second kappa shape index (κ2) is 7.95. The van der Waals surface area contributed by atoms with E-state index < -0.39 is 11.6 Å². The Kier molecular flexibility index (Phi) is 5.46. The number of hydrogen-bond acceptors (Lipinski definition) is 3. The number of carbonyl (C=O) groups is 2. The van der Waals surface area contributed by atoms with Gasteiger partial charge >= 0.3 is 0 Å². The first-order valence-electron chi connectivity index (χ1n) is 8.24. The number of piperazine rings is 1. The fourth-order valence-corrected chi connectivity index (χ4v) is 2.76. The lowest BCUT2D eigenvalue weighted by Crippen LogP contribution is -2.51. The van der Waals surface area contributed by atoms with Crippen LogP contribution in [0.4, 0.5) is 8.78 Å². The summed E-state index contributed by atoms with van der Waals surface area (Å²) in [6.45, 7) is 1.11. The van der Waals surface area contributed by atoms with E-state index in [0.717, 1.165) is 0 Å². The van der Waals surface area contributed by atoms with Crippen LogP contribution < -0.4 is 4.74 Å². The van der Waals surface area contributed by atoms with Crippen LogP contribution in [0.2, 0.25) is 0 Å². The van der Waals surface area contributed by atoms with Gasteiger partial charge in [0.1, 0.15) is 17.4 Å². The van der Waals surface area contributed by atoms with Crippen LogP contribution in [0.15, 0.2) is 48.5 Å². The number of hydrogen-bond donors (Lipinski definition) is 0. The number of benzene rings is 2. The Labute approximate surface area is 149 Å². The summed E-state index contributed by atoms with van der Waals surface area (Å²) in [5.41, 5.74) is 0.0294. The summed E-state index contributed by atoms with van der Waals surface area (Å²) in [5.74, 6) is -1.33. The van der Waals surface area contributed by atoms with Gasteiger partial charge in [0.25, 0.3) is 11.8 Å². The predicted molar refractivity (Wildman–Crippen MR) is 90.8 cm³/mol. The van der Waals surface area contributed by atoms with Crippen molar-refractivity contribution in [2.75, 3.05) is 32.8 Å². The van der Waals surface area contributed by atoms with Crippen molar-refractivity contribution in [1.82, 2.24) is 9.80 Å². The molecule has 2 amide bonds. The summed E-state index contributed by atoms with van der Waals surface area (Å²) >= 11 is 0. The monoisotopic (exact) mass is 360 g/mol. The highest BCUT2D eigenvalue weighted by Crippen LogP contribution is 2.14. The number of rotatable bonds is 4. The second-order valence-corrected chi connectivity index (χ2v) is 5.90. The van der Waals surface area contributed by atoms with Crippen molar-refractivity contribution in [3.63, 3.8) is 0 Å². The first kappa shape index (κ1) is 17.8. The normalized spacial score (nSPS) is 14.2. The molecule has 5 nitrogen and oxygen atoms in total. The molecule has 2 aromatic carbocycles. The highest BCUT2D eigenvalue weighted by Gasteiger charge is 2.26. The fourth-order valence-electron chi connectivity index (χ4n) is 2.76. The molecule has 0 saturated carbocycles. The predicted octanol–water partition coefficient (Wildman–Crippen LogP) is 2.33. The zero-order valence-electron chi connectivity index (χ0n) is 14.0. The van der Waals surface area contributed by atoms with Crippen LogP contribution in [0.1, 0.15) is 10.4 Å². The number of ether oxygens (including phenoxy) is 1. The van der Waals surface area contributed by atoms with Crippen LogP contribution in [0.5, 0.6) is 5.75 Å². The Morgan fingerprint density at radius 1 is 0.923 bits per heavy atom. The number of carbonyl (C=O) groups excluding carboxylic acids is 2. The fraction of sp³-hybridized carbons (Fsp3) is 0.263. The molecule has 7 heteroatoms. The van der Waals surface area contributed by atoms with Gasteiger partial charge in [-0.05, 0) is 24.3 Å². The van der Waals surface area contributed by atoms with Crippen molar-refractivity contribution >= 4 is 11.8 Å². The number of nitrogens with zero attached hydrogens (tertiary/aromatic N) is 2. The van der Waals surface area contributed by atoms with E-state index in [0.29, 0.717) is 26.2 Å². The Morgan fingerprint density at radius 2 is 1.62 bits per heavy atom. The maximum Gasteiger partial charge on any atom is 0.260 e. The lowest BCUT2D eigenvalue weighted by molar-refractivity contribution is -0.134. The van der Waals surface area contributed by atoms with Gasteiger partial charge in [-0.15, -0.1) is 0 Å². The Balaban J connectivity index is 1.51. The Morgan fingerprint density at radius 3 is 2.31 bits per heavy atom. The largest absolute Gasteiger partial charge is 0.484 e. The zero-order chi connectivity index (χ0) is 18.5. The first-order chi connectivity index (χ1) is 12.5. The molecule has 0 aliphatic carbocycles. The first-order valence-corrected chi connectivity index (χ1v) is 8.24. The molecular formula is C19H18F2N2O3. The topological polar surface area (TPSA) is 49.9 Å². The van der Waals surface area contributed by atoms with E-state index in [1.165, 1.54) is 41.3 Å². The maximum atomic E-state index is 13.7. The van der Waals surface area contributed by atoms with Crippen LogP contribution in [0, 0.1) is 11.6 Å². The minimum atomic E-state index is -0.556. The Bertz CT molecular complexity index is 805. The van der Waals surface area contributed by atoms with E-state index in [1.807, 2.05) is 0 Å². The molecule has 1 aliphatic rings. The van der Waals surface area contributed by atoms with E-state index in [2.05, 4.69) is 0 Å². The number of amides is 2. The Hall–Kier alpha value is -2.96. The summed E-state index contributed by atoms with van der Waals surface area (Å²) in [4.78, 5) is 27.7. The van der Waals surface area contributed by atoms with Crippen molar-refractivity contribution in [3.05, 3.63) is 65.7 Å². The van der Waals surface area contributed by atoms with Crippen molar-refractivity contribution in [2.45, 2.75) is 0 Å². The second-order valence-electron chi connectivity index (χ2n) is 5.90. The average molecular weight is 360 g/mol. The molecule has 1 saturated heterocycles. The minimum Gasteiger partial charge on any atom is -0.484 e. The third-order valence-electron chi connectivity index (χ3n) is 4.18. The van der Waals surface area contributed by atoms with Gasteiger partial charge in [0.05, 0.1) is 5.56 Å². The average Bonchev–Trinajstić information content (AvgIpc) is 2.66. The maximum absolute atomic E-state index is 13.7. The van der Waals surface area contributed by atoms with Gasteiger partial charge < -0.3 is 14.5 Å². The van der Waals surface area contributed by atoms with Crippen LogP contribution >= 0.6 is 0 Å². The molecule has 0 aromatic heterocycles. The summed E-state index contributed by atoms with van der Waals surface area (Å²) in [6, 6.07) is 11.4. The molecule has 0 radical (unpaired) electrons. The van der Waals surface area contributed by atoms with Crippen LogP contribution in [0.25, 0.3) is 0 Å². The van der Waals surface area contributed by atoms with E-state index >= 15 is 0 Å². The van der Waals surface area contributed by atoms with Crippen molar-refractivity contribution in [3.8, 4) is 5.75 Å². The molecule has 1 fully saturated rings. The molecule has 136 valence electrons. The van der Waals surface area contributed by atoms with E-state index in [1.54, 1.807) is 17.0 Å². The summed E-state index contributed by atoms with van der Waals surface area (Å²) in [7, 11) is 0. The van der Waals surface area contributed by atoms with Gasteiger partial charge in [-0.2, -0.15) is 0 Å². The van der Waals surface area contributed by atoms with E-state index in [4.69, 9.17) is 4.74 Å². The molecule has 0 spiro atoms. The van der Waals surface area contributed by atoms with Crippen molar-refractivity contribution < 1.29 is 23.1 Å². The standard InChI is InChI=1S/C19H18F2N2O3/c20-14-4-3-5-15(12-14)26-13-18(24)22-8-10-23(11-9-22)19(25)16-6-1-2-7-17(16)21/h1-7,12H,8-11,13H2. The van der Waals surface area contributed by atoms with Crippen molar-refractivity contribution in [2.24, 2.45) is 0 Å². The third kappa shape index (κ3) is 4.17. The van der Waals surface area contributed by atoms with Gasteiger partial charge in [0, 0.05) is 32.2 Å². The lowest BCUT2D eigenvalue weighted by atomic mass is 10.1. The minimum absolute atomic E-state index is 0.0294. The van der Waals surface area contributed by atoms with E-state index in [9.17, 15) is 18.4 Å². The van der Waals surface area contributed by atoms with Gasteiger partial charge in [0.2, 0.25) is 0 Å². The molecule has 1 heterocycles. The summed E-state index contributed by atoms with van der Waals surface area (Å²) < 4.78 is 32.1. The highest BCUT2D eigenvalue weighted by atomic mass is 19.1.